The summed E-state index contributed by atoms with van der Waals surface area (Å²) < 4.78 is 37.2. The Kier molecular flexibility index (Phi) is 3.08. The fourth-order valence-corrected chi connectivity index (χ4v) is 1.26. The molecule has 2 N–H and O–H groups in total. The number of aliphatic carboxylic acids is 1. The van der Waals surface area contributed by atoms with Crippen LogP contribution in [-0.4, -0.2) is 29.3 Å². The third-order valence-electron chi connectivity index (χ3n) is 2.37. The van der Waals surface area contributed by atoms with E-state index in [1.54, 1.807) is 0 Å². The summed E-state index contributed by atoms with van der Waals surface area (Å²) in [6, 6.07) is 0. The van der Waals surface area contributed by atoms with Crippen molar-refractivity contribution in [3.8, 4) is 0 Å². The van der Waals surface area contributed by atoms with Crippen LogP contribution >= 0.6 is 0 Å². The van der Waals surface area contributed by atoms with Crippen LogP contribution < -0.4 is 5.32 Å². The van der Waals surface area contributed by atoms with Crippen LogP contribution in [0.3, 0.4) is 0 Å². The Labute approximate surface area is 85.0 Å². The molecule has 1 aliphatic rings. The maximum Gasteiger partial charge on any atom is 0.406 e. The predicted molar refractivity (Wildman–Crippen MR) is 47.4 cm³/mol. The largest absolute Gasteiger partial charge is 0.478 e. The van der Waals surface area contributed by atoms with Crippen LogP contribution in [0.2, 0.25) is 0 Å². The summed E-state index contributed by atoms with van der Waals surface area (Å²) in [6.45, 7) is 1.43. The molecular weight excluding hydrogens is 211 g/mol. The van der Waals surface area contributed by atoms with Gasteiger partial charge in [-0.3, -0.25) is 5.32 Å². The van der Waals surface area contributed by atoms with Gasteiger partial charge in [0.15, 0.2) is 0 Å². The van der Waals surface area contributed by atoms with Crippen LogP contribution in [0, 0.1) is 0 Å². The highest BCUT2D eigenvalue weighted by Crippen LogP contribution is 2.48. The van der Waals surface area contributed by atoms with Crippen molar-refractivity contribution in [3.05, 3.63) is 11.6 Å². The van der Waals surface area contributed by atoms with Gasteiger partial charge in [-0.1, -0.05) is 5.57 Å². The van der Waals surface area contributed by atoms with Crippen molar-refractivity contribution in [2.45, 2.75) is 31.5 Å². The maximum absolute atomic E-state index is 12.4. The minimum atomic E-state index is -4.25. The molecule has 0 spiro atoms. The first kappa shape index (κ1) is 12.0. The average Bonchev–Trinajstić information content (AvgIpc) is 2.78. The normalized spacial score (nSPS) is 20.1. The number of hydrogen-bond acceptors (Lipinski definition) is 2. The van der Waals surface area contributed by atoms with Crippen molar-refractivity contribution >= 4 is 5.97 Å². The highest BCUT2D eigenvalue weighted by Gasteiger charge is 2.62. The number of nitrogens with one attached hydrogen (secondary N) is 1. The molecule has 0 aromatic rings. The highest BCUT2D eigenvalue weighted by atomic mass is 19.4. The minimum absolute atomic E-state index is 0.0498. The number of alkyl halides is 3. The van der Waals surface area contributed by atoms with Crippen molar-refractivity contribution in [1.82, 2.24) is 5.32 Å². The fourth-order valence-electron chi connectivity index (χ4n) is 1.26. The number of halogens is 3. The van der Waals surface area contributed by atoms with E-state index in [2.05, 4.69) is 5.32 Å². The van der Waals surface area contributed by atoms with Crippen LogP contribution in [0.25, 0.3) is 0 Å². The Morgan fingerprint density at radius 1 is 1.53 bits per heavy atom. The van der Waals surface area contributed by atoms with Crippen LogP contribution in [-0.2, 0) is 4.79 Å². The van der Waals surface area contributed by atoms with Crippen molar-refractivity contribution in [2.24, 2.45) is 0 Å². The molecular formula is C9H12F3NO2. The Bertz CT molecular complexity index is 292. The first-order valence-corrected chi connectivity index (χ1v) is 4.49. The SMILES string of the molecule is CC(=CC(=O)O)CNC1(C(F)(F)F)CC1. The Balaban J connectivity index is 2.48. The lowest BCUT2D eigenvalue weighted by Gasteiger charge is -2.20. The van der Waals surface area contributed by atoms with Gasteiger partial charge in [0.25, 0.3) is 0 Å². The minimum Gasteiger partial charge on any atom is -0.478 e. The molecule has 0 aliphatic heterocycles. The molecule has 0 aromatic carbocycles. The molecule has 15 heavy (non-hydrogen) atoms. The lowest BCUT2D eigenvalue weighted by Crippen LogP contribution is -2.45. The van der Waals surface area contributed by atoms with Gasteiger partial charge in [-0.2, -0.15) is 13.2 Å². The molecule has 1 fully saturated rings. The van der Waals surface area contributed by atoms with Gasteiger partial charge in [0.1, 0.15) is 5.54 Å². The number of carbonyl (C=O) groups is 1. The monoisotopic (exact) mass is 223 g/mol. The van der Waals surface area contributed by atoms with Gasteiger partial charge in [-0.25, -0.2) is 4.79 Å². The van der Waals surface area contributed by atoms with E-state index in [0.29, 0.717) is 5.57 Å². The second-order valence-corrected chi connectivity index (χ2v) is 3.76. The fraction of sp³-hybridized carbons (Fsp3) is 0.667. The van der Waals surface area contributed by atoms with Gasteiger partial charge < -0.3 is 5.11 Å². The summed E-state index contributed by atoms with van der Waals surface area (Å²) in [4.78, 5) is 10.2. The summed E-state index contributed by atoms with van der Waals surface area (Å²) in [7, 11) is 0. The van der Waals surface area contributed by atoms with E-state index < -0.39 is 17.7 Å². The molecule has 6 heteroatoms. The highest BCUT2D eigenvalue weighted by molar-refractivity contribution is 5.80. The van der Waals surface area contributed by atoms with Crippen molar-refractivity contribution < 1.29 is 23.1 Å². The van der Waals surface area contributed by atoms with Gasteiger partial charge >= 0.3 is 12.1 Å². The molecule has 3 nitrogen and oxygen atoms in total. The van der Waals surface area contributed by atoms with E-state index in [1.807, 2.05) is 0 Å². The second kappa shape index (κ2) is 3.84. The summed E-state index contributed by atoms with van der Waals surface area (Å²) in [5.74, 6) is -1.15. The molecule has 0 radical (unpaired) electrons. The van der Waals surface area contributed by atoms with E-state index in [9.17, 15) is 18.0 Å². The number of carboxylic acids is 1. The predicted octanol–water partition coefficient (Wildman–Crippen LogP) is 1.70. The van der Waals surface area contributed by atoms with Gasteiger partial charge in [-0.15, -0.1) is 0 Å². The molecule has 0 amide bonds. The van der Waals surface area contributed by atoms with Crippen molar-refractivity contribution in [3.63, 3.8) is 0 Å². The molecule has 1 aliphatic carbocycles. The zero-order valence-corrected chi connectivity index (χ0v) is 8.19. The van der Waals surface area contributed by atoms with E-state index >= 15 is 0 Å². The third kappa shape index (κ3) is 2.95. The third-order valence-corrected chi connectivity index (χ3v) is 2.37. The van der Waals surface area contributed by atoms with Gasteiger partial charge in [-0.05, 0) is 19.8 Å². The smallest absolute Gasteiger partial charge is 0.406 e. The summed E-state index contributed by atoms with van der Waals surface area (Å²) >= 11 is 0. The Hall–Kier alpha value is -1.04. The molecule has 0 saturated heterocycles. The number of rotatable bonds is 4. The molecule has 0 atom stereocenters. The van der Waals surface area contributed by atoms with E-state index in [4.69, 9.17) is 5.11 Å². The topological polar surface area (TPSA) is 49.3 Å². The molecule has 1 saturated carbocycles. The maximum atomic E-state index is 12.4. The zero-order valence-electron chi connectivity index (χ0n) is 8.19. The first-order valence-electron chi connectivity index (χ1n) is 4.49. The van der Waals surface area contributed by atoms with E-state index in [-0.39, 0.29) is 19.4 Å². The number of carboxylic acid groups (broad SMARTS) is 1. The molecule has 0 unspecified atom stereocenters. The summed E-state index contributed by atoms with van der Waals surface area (Å²) in [5.41, 5.74) is -1.40. The van der Waals surface area contributed by atoms with Gasteiger partial charge in [0, 0.05) is 12.6 Å². The zero-order chi connectivity index (χ0) is 11.7. The van der Waals surface area contributed by atoms with Crippen LogP contribution in [0.5, 0.6) is 0 Å². The molecule has 0 bridgehead atoms. The van der Waals surface area contributed by atoms with Crippen LogP contribution in [0.1, 0.15) is 19.8 Å². The van der Waals surface area contributed by atoms with Crippen molar-refractivity contribution in [2.75, 3.05) is 6.54 Å². The van der Waals surface area contributed by atoms with Gasteiger partial charge in [0.2, 0.25) is 0 Å². The Morgan fingerprint density at radius 2 is 2.07 bits per heavy atom. The second-order valence-electron chi connectivity index (χ2n) is 3.76. The number of hydrogen-bond donors (Lipinski definition) is 2. The lowest BCUT2D eigenvalue weighted by molar-refractivity contribution is -0.165. The lowest BCUT2D eigenvalue weighted by atomic mass is 10.2. The van der Waals surface area contributed by atoms with Gasteiger partial charge in [0.05, 0.1) is 0 Å². The van der Waals surface area contributed by atoms with E-state index in [1.165, 1.54) is 6.92 Å². The quantitative estimate of drug-likeness (QED) is 0.713. The average molecular weight is 223 g/mol. The summed E-state index contributed by atoms with van der Waals surface area (Å²) in [6.07, 6.45) is -3.22. The molecule has 0 heterocycles. The molecule has 86 valence electrons. The van der Waals surface area contributed by atoms with Crippen LogP contribution in [0.4, 0.5) is 13.2 Å². The molecule has 1 rings (SSSR count). The van der Waals surface area contributed by atoms with Crippen LogP contribution in [0.15, 0.2) is 11.6 Å². The standard InChI is InChI=1S/C9H12F3NO2/c1-6(4-7(14)15)5-13-8(2-3-8)9(10,11)12/h4,13H,2-3,5H2,1H3,(H,14,15). The van der Waals surface area contributed by atoms with E-state index in [0.717, 1.165) is 6.08 Å². The summed E-state index contributed by atoms with van der Waals surface area (Å²) in [5, 5.41) is 10.7. The molecule has 0 aromatic heterocycles. The van der Waals surface area contributed by atoms with Crippen molar-refractivity contribution in [1.29, 1.82) is 0 Å². The first-order chi connectivity index (χ1) is 6.77. The Morgan fingerprint density at radius 3 is 2.40 bits per heavy atom.